The van der Waals surface area contributed by atoms with E-state index in [1.165, 1.54) is 6.07 Å². The summed E-state index contributed by atoms with van der Waals surface area (Å²) in [5.41, 5.74) is 2.08. The number of carbonyl (C=O) groups is 1. The van der Waals surface area contributed by atoms with Gasteiger partial charge in [0.1, 0.15) is 11.5 Å². The number of para-hydroxylation sites is 1. The molecule has 1 aliphatic heterocycles. The molecule has 2 heterocycles. The number of hydrogen-bond acceptors (Lipinski definition) is 4. The highest BCUT2D eigenvalue weighted by Gasteiger charge is 2.24. The maximum absolute atomic E-state index is 13.9. The Morgan fingerprint density at radius 2 is 1.77 bits per heavy atom. The van der Waals surface area contributed by atoms with E-state index in [1.807, 2.05) is 17.0 Å². The van der Waals surface area contributed by atoms with Crippen molar-refractivity contribution in [3.8, 4) is 0 Å². The van der Waals surface area contributed by atoms with Crippen molar-refractivity contribution in [1.82, 2.24) is 9.88 Å². The second kappa shape index (κ2) is 8.17. The van der Waals surface area contributed by atoms with Crippen LogP contribution in [0.15, 0.2) is 42.6 Å². The number of anilines is 2. The number of nitrogens with zero attached hydrogens (tertiary/aromatic N) is 4. The first-order valence-corrected chi connectivity index (χ1v) is 9.13. The molecule has 2 aromatic rings. The van der Waals surface area contributed by atoms with E-state index >= 15 is 0 Å². The van der Waals surface area contributed by atoms with Gasteiger partial charge in [-0.2, -0.15) is 0 Å². The van der Waals surface area contributed by atoms with Crippen molar-refractivity contribution >= 4 is 17.3 Å². The lowest BCUT2D eigenvalue weighted by Crippen LogP contribution is -2.49. The van der Waals surface area contributed by atoms with Crippen LogP contribution in [0.25, 0.3) is 0 Å². The number of piperazine rings is 1. The van der Waals surface area contributed by atoms with Crippen LogP contribution < -0.4 is 9.80 Å². The second-order valence-corrected chi connectivity index (χ2v) is 6.30. The molecular weight excluding hydrogens is 331 g/mol. The molecule has 1 fully saturated rings. The number of carbonyl (C=O) groups excluding carboxylic acids is 1. The van der Waals surface area contributed by atoms with Crippen molar-refractivity contribution in [2.24, 2.45) is 0 Å². The van der Waals surface area contributed by atoms with Crippen LogP contribution in [0.2, 0.25) is 0 Å². The summed E-state index contributed by atoms with van der Waals surface area (Å²) < 4.78 is 13.9. The molecule has 1 aromatic heterocycles. The molecule has 5 nitrogen and oxygen atoms in total. The first kappa shape index (κ1) is 18.2. The van der Waals surface area contributed by atoms with E-state index in [0.29, 0.717) is 37.6 Å². The summed E-state index contributed by atoms with van der Waals surface area (Å²) in [6.07, 6.45) is 1.76. The van der Waals surface area contributed by atoms with Crippen LogP contribution in [-0.4, -0.2) is 55.1 Å². The molecule has 3 rings (SSSR count). The fraction of sp³-hybridized carbons (Fsp3) is 0.400. The van der Waals surface area contributed by atoms with E-state index in [0.717, 1.165) is 18.8 Å². The van der Waals surface area contributed by atoms with Gasteiger partial charge in [-0.15, -0.1) is 0 Å². The van der Waals surface area contributed by atoms with Gasteiger partial charge in [0.05, 0.1) is 17.6 Å². The van der Waals surface area contributed by atoms with E-state index in [-0.39, 0.29) is 11.7 Å². The SMILES string of the molecule is CCN(CC)c1ccc(C(=O)N2CCN(c3ccccc3F)CC2)nc1. The van der Waals surface area contributed by atoms with Crippen molar-refractivity contribution in [3.05, 3.63) is 54.1 Å². The Balaban J connectivity index is 1.62. The summed E-state index contributed by atoms with van der Waals surface area (Å²) in [7, 11) is 0. The molecule has 138 valence electrons. The molecule has 1 aliphatic rings. The zero-order valence-electron chi connectivity index (χ0n) is 15.4. The number of pyridine rings is 1. The molecule has 0 spiro atoms. The highest BCUT2D eigenvalue weighted by molar-refractivity contribution is 5.92. The summed E-state index contributed by atoms with van der Waals surface area (Å²) in [5.74, 6) is -0.287. The van der Waals surface area contributed by atoms with Crippen LogP contribution in [-0.2, 0) is 0 Å². The fourth-order valence-electron chi connectivity index (χ4n) is 3.31. The lowest BCUT2D eigenvalue weighted by atomic mass is 10.2. The third-order valence-electron chi connectivity index (χ3n) is 4.86. The molecule has 26 heavy (non-hydrogen) atoms. The van der Waals surface area contributed by atoms with Crippen molar-refractivity contribution in [2.45, 2.75) is 13.8 Å². The van der Waals surface area contributed by atoms with Gasteiger partial charge < -0.3 is 14.7 Å². The van der Waals surface area contributed by atoms with Crippen LogP contribution in [0, 0.1) is 5.82 Å². The largest absolute Gasteiger partial charge is 0.371 e. The first-order valence-electron chi connectivity index (χ1n) is 9.13. The third kappa shape index (κ3) is 3.79. The lowest BCUT2D eigenvalue weighted by molar-refractivity contribution is 0.0741. The average Bonchev–Trinajstić information content (AvgIpc) is 2.69. The van der Waals surface area contributed by atoms with Gasteiger partial charge in [0.25, 0.3) is 5.91 Å². The first-order chi connectivity index (χ1) is 12.6. The molecule has 0 saturated carbocycles. The molecular formula is C20H25FN4O. The molecule has 1 amide bonds. The van der Waals surface area contributed by atoms with Crippen molar-refractivity contribution in [1.29, 1.82) is 0 Å². The molecule has 0 N–H and O–H groups in total. The second-order valence-electron chi connectivity index (χ2n) is 6.30. The lowest BCUT2D eigenvalue weighted by Gasteiger charge is -2.36. The van der Waals surface area contributed by atoms with Gasteiger partial charge in [0.2, 0.25) is 0 Å². The number of halogens is 1. The van der Waals surface area contributed by atoms with E-state index < -0.39 is 0 Å². The Morgan fingerprint density at radius 1 is 1.08 bits per heavy atom. The summed E-state index contributed by atoms with van der Waals surface area (Å²) in [6, 6.07) is 10.5. The fourth-order valence-corrected chi connectivity index (χ4v) is 3.31. The van der Waals surface area contributed by atoms with Crippen molar-refractivity contribution in [2.75, 3.05) is 49.1 Å². The van der Waals surface area contributed by atoms with Gasteiger partial charge in [-0.25, -0.2) is 9.37 Å². The molecule has 1 aromatic carbocycles. The number of hydrogen-bond donors (Lipinski definition) is 0. The number of benzene rings is 1. The summed E-state index contributed by atoms with van der Waals surface area (Å²) in [4.78, 5) is 23.0. The molecule has 0 unspecified atom stereocenters. The van der Waals surface area contributed by atoms with Crippen LogP contribution in [0.5, 0.6) is 0 Å². The van der Waals surface area contributed by atoms with Gasteiger partial charge in [-0.05, 0) is 38.1 Å². The molecule has 6 heteroatoms. The normalized spacial score (nSPS) is 14.4. The minimum absolute atomic E-state index is 0.0655. The zero-order valence-corrected chi connectivity index (χ0v) is 15.4. The van der Waals surface area contributed by atoms with Crippen LogP contribution in [0.3, 0.4) is 0 Å². The highest BCUT2D eigenvalue weighted by Crippen LogP contribution is 2.21. The van der Waals surface area contributed by atoms with Gasteiger partial charge in [-0.1, -0.05) is 12.1 Å². The Labute approximate surface area is 154 Å². The Hall–Kier alpha value is -2.63. The summed E-state index contributed by atoms with van der Waals surface area (Å²) in [5, 5.41) is 0. The van der Waals surface area contributed by atoms with Crippen LogP contribution >= 0.6 is 0 Å². The van der Waals surface area contributed by atoms with E-state index in [4.69, 9.17) is 0 Å². The summed E-state index contributed by atoms with van der Waals surface area (Å²) in [6.45, 7) is 8.36. The number of amides is 1. The molecule has 0 atom stereocenters. The molecule has 0 radical (unpaired) electrons. The molecule has 0 bridgehead atoms. The maximum atomic E-state index is 13.9. The van der Waals surface area contributed by atoms with Crippen LogP contribution in [0.4, 0.5) is 15.8 Å². The standard InChI is InChI=1S/C20H25FN4O/c1-3-23(4-2)16-9-10-18(22-15-16)20(26)25-13-11-24(12-14-25)19-8-6-5-7-17(19)21/h5-10,15H,3-4,11-14H2,1-2H3. The average molecular weight is 356 g/mol. The van der Waals surface area contributed by atoms with Gasteiger partial charge in [-0.3, -0.25) is 4.79 Å². The smallest absolute Gasteiger partial charge is 0.272 e. The Kier molecular flexibility index (Phi) is 5.71. The molecule has 0 aliphatic carbocycles. The Bertz CT molecular complexity index is 738. The number of rotatable bonds is 5. The predicted molar refractivity (Wildman–Crippen MR) is 102 cm³/mol. The van der Waals surface area contributed by atoms with E-state index in [1.54, 1.807) is 29.3 Å². The Morgan fingerprint density at radius 3 is 2.35 bits per heavy atom. The predicted octanol–water partition coefficient (Wildman–Crippen LogP) is 3.03. The van der Waals surface area contributed by atoms with E-state index in [9.17, 15) is 9.18 Å². The zero-order chi connectivity index (χ0) is 18.5. The molecule has 1 saturated heterocycles. The minimum Gasteiger partial charge on any atom is -0.371 e. The summed E-state index contributed by atoms with van der Waals surface area (Å²) >= 11 is 0. The topological polar surface area (TPSA) is 39.7 Å². The number of aromatic nitrogens is 1. The highest BCUT2D eigenvalue weighted by atomic mass is 19.1. The van der Waals surface area contributed by atoms with Gasteiger partial charge >= 0.3 is 0 Å². The van der Waals surface area contributed by atoms with Gasteiger partial charge in [0, 0.05) is 39.3 Å². The minimum atomic E-state index is -0.221. The van der Waals surface area contributed by atoms with Crippen LogP contribution in [0.1, 0.15) is 24.3 Å². The monoisotopic (exact) mass is 356 g/mol. The third-order valence-corrected chi connectivity index (χ3v) is 4.86. The van der Waals surface area contributed by atoms with Gasteiger partial charge in [0.15, 0.2) is 0 Å². The van der Waals surface area contributed by atoms with Crippen molar-refractivity contribution < 1.29 is 9.18 Å². The van der Waals surface area contributed by atoms with E-state index in [2.05, 4.69) is 23.7 Å². The van der Waals surface area contributed by atoms with Crippen molar-refractivity contribution in [3.63, 3.8) is 0 Å². The quantitative estimate of drug-likeness (QED) is 0.826. The maximum Gasteiger partial charge on any atom is 0.272 e.